The molecular weight excluding hydrogens is 279 g/mol. The third kappa shape index (κ3) is 2.35. The van der Waals surface area contributed by atoms with Crippen LogP contribution in [0.2, 0.25) is 0 Å². The number of benzene rings is 2. The van der Waals surface area contributed by atoms with Crippen LogP contribution in [0.5, 0.6) is 0 Å². The first-order chi connectivity index (χ1) is 10.1. The summed E-state index contributed by atoms with van der Waals surface area (Å²) in [6.45, 7) is 0. The maximum Gasteiger partial charge on any atom is 0.161 e. The Balaban J connectivity index is 2.14. The quantitative estimate of drug-likeness (QED) is 0.702. The van der Waals surface area contributed by atoms with Gasteiger partial charge in [-0.15, -0.1) is 0 Å². The van der Waals surface area contributed by atoms with Gasteiger partial charge in [0.2, 0.25) is 0 Å². The molecule has 0 unspecified atom stereocenters. The van der Waals surface area contributed by atoms with Crippen LogP contribution < -0.4 is 11.1 Å². The molecule has 1 heterocycles. The van der Waals surface area contributed by atoms with E-state index in [4.69, 9.17) is 5.73 Å². The van der Waals surface area contributed by atoms with E-state index in [1.807, 2.05) is 0 Å². The fourth-order valence-corrected chi connectivity index (χ4v) is 2.05. The largest absolute Gasteiger partial charge is 0.396 e. The van der Waals surface area contributed by atoms with Gasteiger partial charge in [-0.1, -0.05) is 18.2 Å². The summed E-state index contributed by atoms with van der Waals surface area (Å²) in [5.41, 5.74) is 6.96. The highest BCUT2D eigenvalue weighted by molar-refractivity contribution is 5.98. The Morgan fingerprint density at radius 1 is 0.952 bits per heavy atom. The summed E-state index contributed by atoms with van der Waals surface area (Å²) < 4.78 is 39.9. The molecule has 3 rings (SSSR count). The lowest BCUT2D eigenvalue weighted by Gasteiger charge is -2.13. The lowest BCUT2D eigenvalue weighted by Crippen LogP contribution is -2.01. The molecule has 0 fully saturated rings. The molecule has 3 aromatic rings. The zero-order valence-electron chi connectivity index (χ0n) is 10.7. The number of aromatic nitrogens is 1. The van der Waals surface area contributed by atoms with Gasteiger partial charge < -0.3 is 11.1 Å². The number of anilines is 3. The average Bonchev–Trinajstić information content (AvgIpc) is 2.47. The van der Waals surface area contributed by atoms with Crippen molar-refractivity contribution >= 4 is 28.0 Å². The van der Waals surface area contributed by atoms with E-state index in [2.05, 4.69) is 10.3 Å². The van der Waals surface area contributed by atoms with Crippen molar-refractivity contribution in [3.8, 4) is 0 Å². The molecule has 3 N–H and O–H groups in total. The maximum atomic E-state index is 13.7. The number of rotatable bonds is 2. The first-order valence-electron chi connectivity index (χ1n) is 6.11. The van der Waals surface area contributed by atoms with Gasteiger partial charge in [0.1, 0.15) is 5.82 Å². The van der Waals surface area contributed by atoms with E-state index in [0.717, 1.165) is 6.07 Å². The number of pyridine rings is 1. The number of nitrogens with zero attached hydrogens (tertiary/aromatic N) is 1. The number of halogens is 3. The van der Waals surface area contributed by atoms with E-state index < -0.39 is 17.5 Å². The number of nitrogens with two attached hydrogens (primary N) is 1. The summed E-state index contributed by atoms with van der Waals surface area (Å²) in [6.07, 6.45) is 1.42. The molecule has 21 heavy (non-hydrogen) atoms. The van der Waals surface area contributed by atoms with E-state index >= 15 is 0 Å². The van der Waals surface area contributed by atoms with Gasteiger partial charge in [0.15, 0.2) is 11.6 Å². The highest BCUT2D eigenvalue weighted by Crippen LogP contribution is 2.32. The van der Waals surface area contributed by atoms with Crippen LogP contribution in [0.3, 0.4) is 0 Å². The van der Waals surface area contributed by atoms with Gasteiger partial charge in [-0.05, 0) is 6.07 Å². The van der Waals surface area contributed by atoms with Crippen LogP contribution in [0.25, 0.3) is 10.9 Å². The summed E-state index contributed by atoms with van der Waals surface area (Å²) in [5, 5.41) is 3.36. The van der Waals surface area contributed by atoms with Crippen molar-refractivity contribution in [1.82, 2.24) is 4.98 Å². The molecule has 0 saturated heterocycles. The van der Waals surface area contributed by atoms with Crippen LogP contribution in [0, 0.1) is 17.5 Å². The minimum absolute atomic E-state index is 0.197. The molecule has 0 bridgehead atoms. The molecular formula is C15H10F3N3. The van der Waals surface area contributed by atoms with Gasteiger partial charge in [0.25, 0.3) is 0 Å². The second-order valence-electron chi connectivity index (χ2n) is 4.48. The maximum absolute atomic E-state index is 13.7. The van der Waals surface area contributed by atoms with Crippen LogP contribution in [0.4, 0.5) is 30.2 Å². The van der Waals surface area contributed by atoms with Crippen LogP contribution in [0.1, 0.15) is 0 Å². The van der Waals surface area contributed by atoms with Crippen molar-refractivity contribution < 1.29 is 13.2 Å². The smallest absolute Gasteiger partial charge is 0.161 e. The van der Waals surface area contributed by atoms with Gasteiger partial charge >= 0.3 is 0 Å². The third-order valence-electron chi connectivity index (χ3n) is 3.07. The first kappa shape index (κ1) is 13.2. The van der Waals surface area contributed by atoms with Crippen LogP contribution >= 0.6 is 0 Å². The van der Waals surface area contributed by atoms with Crippen molar-refractivity contribution in [1.29, 1.82) is 0 Å². The summed E-state index contributed by atoms with van der Waals surface area (Å²) in [7, 11) is 0. The lowest BCUT2D eigenvalue weighted by molar-refractivity contribution is 0.496. The fourth-order valence-electron chi connectivity index (χ4n) is 2.05. The van der Waals surface area contributed by atoms with Gasteiger partial charge in [-0.2, -0.15) is 0 Å². The van der Waals surface area contributed by atoms with E-state index in [0.29, 0.717) is 22.7 Å². The number of fused-ring (bicyclic) bond motifs is 1. The third-order valence-corrected chi connectivity index (χ3v) is 3.07. The molecule has 3 nitrogen and oxygen atoms in total. The fraction of sp³-hybridized carbons (Fsp3) is 0. The molecule has 0 aliphatic rings. The van der Waals surface area contributed by atoms with Crippen molar-refractivity contribution in [2.75, 3.05) is 11.1 Å². The Morgan fingerprint density at radius 2 is 1.67 bits per heavy atom. The first-order valence-corrected chi connectivity index (χ1v) is 6.11. The number of hydrogen-bond acceptors (Lipinski definition) is 3. The van der Waals surface area contributed by atoms with Crippen molar-refractivity contribution in [3.63, 3.8) is 0 Å². The standard InChI is InChI=1S/C15H10F3N3/c16-9-5-11(18)14(6-10(9)17)21-15-8-3-1-2-4-13(8)20-7-12(15)19/h1-7H,19H2,(H,20,21). The van der Waals surface area contributed by atoms with E-state index in [-0.39, 0.29) is 11.4 Å². The number of para-hydroxylation sites is 1. The van der Waals surface area contributed by atoms with Gasteiger partial charge in [-0.3, -0.25) is 4.98 Å². The minimum atomic E-state index is -1.24. The zero-order valence-corrected chi connectivity index (χ0v) is 10.7. The normalized spacial score (nSPS) is 10.8. The SMILES string of the molecule is Nc1cnc2ccccc2c1Nc1cc(F)c(F)cc1F. The predicted molar refractivity (Wildman–Crippen MR) is 75.8 cm³/mol. The number of nitrogens with one attached hydrogen (secondary N) is 1. The van der Waals surface area contributed by atoms with Crippen LogP contribution in [0.15, 0.2) is 42.6 Å². The zero-order chi connectivity index (χ0) is 15.0. The average molecular weight is 289 g/mol. The van der Waals surface area contributed by atoms with Crippen LogP contribution in [-0.2, 0) is 0 Å². The van der Waals surface area contributed by atoms with E-state index in [9.17, 15) is 13.2 Å². The van der Waals surface area contributed by atoms with Crippen molar-refractivity contribution in [2.24, 2.45) is 0 Å². The molecule has 0 radical (unpaired) electrons. The molecule has 0 aliphatic heterocycles. The Hall–Kier alpha value is -2.76. The molecule has 6 heteroatoms. The summed E-state index contributed by atoms with van der Waals surface area (Å²) in [4.78, 5) is 4.14. The van der Waals surface area contributed by atoms with Crippen molar-refractivity contribution in [2.45, 2.75) is 0 Å². The van der Waals surface area contributed by atoms with Crippen LogP contribution in [-0.4, -0.2) is 4.98 Å². The Morgan fingerprint density at radius 3 is 2.48 bits per heavy atom. The number of hydrogen-bond donors (Lipinski definition) is 2. The summed E-state index contributed by atoms with van der Waals surface area (Å²) in [5.74, 6) is -3.30. The monoisotopic (exact) mass is 289 g/mol. The molecule has 0 spiro atoms. The Labute approximate surface area is 118 Å². The topological polar surface area (TPSA) is 50.9 Å². The molecule has 2 aromatic carbocycles. The second kappa shape index (κ2) is 4.97. The summed E-state index contributed by atoms with van der Waals surface area (Å²) >= 11 is 0. The highest BCUT2D eigenvalue weighted by Gasteiger charge is 2.13. The summed E-state index contributed by atoms with van der Waals surface area (Å²) in [6, 6.07) is 8.32. The van der Waals surface area contributed by atoms with E-state index in [1.54, 1.807) is 24.3 Å². The van der Waals surface area contributed by atoms with E-state index in [1.165, 1.54) is 6.20 Å². The second-order valence-corrected chi connectivity index (χ2v) is 4.48. The molecule has 1 aromatic heterocycles. The molecule has 0 amide bonds. The number of nitrogen functional groups attached to an aromatic ring is 1. The van der Waals surface area contributed by atoms with Gasteiger partial charge in [0, 0.05) is 17.5 Å². The lowest BCUT2D eigenvalue weighted by atomic mass is 10.1. The Kier molecular flexibility index (Phi) is 3.13. The highest BCUT2D eigenvalue weighted by atomic mass is 19.2. The van der Waals surface area contributed by atoms with Gasteiger partial charge in [-0.25, -0.2) is 13.2 Å². The molecule has 0 aliphatic carbocycles. The Bertz CT molecular complexity index is 834. The van der Waals surface area contributed by atoms with Crippen molar-refractivity contribution in [3.05, 3.63) is 60.0 Å². The molecule has 0 saturated carbocycles. The molecule has 106 valence electrons. The predicted octanol–water partition coefficient (Wildman–Crippen LogP) is 3.98. The molecule has 0 atom stereocenters. The van der Waals surface area contributed by atoms with Gasteiger partial charge in [0.05, 0.1) is 28.8 Å². The minimum Gasteiger partial charge on any atom is -0.396 e.